The molecule has 0 saturated carbocycles. The Hall–Kier alpha value is -10.5. The summed E-state index contributed by atoms with van der Waals surface area (Å²) in [5, 5.41) is 55.7. The minimum absolute atomic E-state index is 0.0497. The van der Waals surface area contributed by atoms with Crippen LogP contribution in [0, 0.1) is 0 Å². The molecule has 0 aliphatic heterocycles. The van der Waals surface area contributed by atoms with E-state index in [9.17, 15) is 0 Å². The van der Waals surface area contributed by atoms with E-state index in [0.717, 1.165) is 33.4 Å². The van der Waals surface area contributed by atoms with Crippen molar-refractivity contribution in [2.75, 3.05) is 39.6 Å². The van der Waals surface area contributed by atoms with Gasteiger partial charge in [0.15, 0.2) is 37.0 Å². The van der Waals surface area contributed by atoms with Crippen molar-refractivity contribution >= 4 is 0 Å². The Kier molecular flexibility index (Phi) is 18.9. The lowest BCUT2D eigenvalue weighted by Crippen LogP contribution is -2.28. The monoisotopic (exact) mass is 1220 g/mol. The highest BCUT2D eigenvalue weighted by Crippen LogP contribution is 2.35. The van der Waals surface area contributed by atoms with E-state index in [4.69, 9.17) is 28.4 Å². The zero-order valence-corrected chi connectivity index (χ0v) is 48.9. The third kappa shape index (κ3) is 13.8. The molecule has 0 radical (unpaired) electrons. The van der Waals surface area contributed by atoms with E-state index in [1.165, 1.54) is 0 Å². The molecule has 0 amide bonds. The molecule has 1 aromatic carbocycles. The fourth-order valence-electron chi connectivity index (χ4n) is 10.9. The predicted octanol–water partition coefficient (Wildman–Crippen LogP) is 5.63. The molecule has 0 atom stereocenters. The highest BCUT2D eigenvalue weighted by molar-refractivity contribution is 5.51. The standard InChI is InChI=1S/C60H66N24O6/c1-13-61-73(25-1)55(74-26-2-14-62-74)43-85-37-49-50(38-86-44-56(75-27-3-15-63-75)76-28-4-16-64-76)52(40-88-46-58(79-31-7-19-67-79)80-32-8-20-68-80)54(42-90-48-60(83-35-11-23-71-83)84-36-12-24-72-84)53(41-89-47-59(81-33-9-21-69-81)82-34-10-22-70-82)51(49)39-87-45-57(77-29-5-17-65-77)78-30-6-18-66-78/h1-36,55-60H,37-48H2. The number of rotatable bonds is 36. The maximum Gasteiger partial charge on any atom is 0.166 e. The summed E-state index contributed by atoms with van der Waals surface area (Å²) in [5.74, 6) is 0. The Morgan fingerprint density at radius 1 is 0.189 bits per heavy atom. The van der Waals surface area contributed by atoms with Gasteiger partial charge in [-0.3, -0.25) is 0 Å². The number of aromatic nitrogens is 24. The van der Waals surface area contributed by atoms with Gasteiger partial charge >= 0.3 is 0 Å². The molecule has 12 heterocycles. The van der Waals surface area contributed by atoms with Gasteiger partial charge in [-0.1, -0.05) is 0 Å². The second-order valence-electron chi connectivity index (χ2n) is 20.7. The van der Waals surface area contributed by atoms with Gasteiger partial charge in [0.2, 0.25) is 0 Å². The van der Waals surface area contributed by atoms with Crippen molar-refractivity contribution in [3.8, 4) is 0 Å². The quantitative estimate of drug-likeness (QED) is 0.0460. The van der Waals surface area contributed by atoms with E-state index in [1.54, 1.807) is 74.4 Å². The summed E-state index contributed by atoms with van der Waals surface area (Å²) in [6, 6.07) is 22.5. The first-order valence-corrected chi connectivity index (χ1v) is 29.2. The Bertz CT molecular complexity index is 3100. The Balaban J connectivity index is 0.965. The molecule has 0 aliphatic carbocycles. The van der Waals surface area contributed by atoms with Crippen molar-refractivity contribution in [3.63, 3.8) is 0 Å². The van der Waals surface area contributed by atoms with Gasteiger partial charge in [0.1, 0.15) is 0 Å². The zero-order valence-electron chi connectivity index (χ0n) is 48.9. The number of hydrogen-bond donors (Lipinski definition) is 0. The van der Waals surface area contributed by atoms with Gasteiger partial charge in [-0.25, -0.2) is 56.2 Å². The van der Waals surface area contributed by atoms with Crippen LogP contribution in [0.15, 0.2) is 222 Å². The van der Waals surface area contributed by atoms with E-state index < -0.39 is 37.0 Å². The van der Waals surface area contributed by atoms with Gasteiger partial charge in [0, 0.05) is 149 Å². The molecule has 0 spiro atoms. The van der Waals surface area contributed by atoms with Crippen molar-refractivity contribution in [1.82, 2.24) is 117 Å². The van der Waals surface area contributed by atoms with Gasteiger partial charge in [-0.05, 0) is 106 Å². The largest absolute Gasteiger partial charge is 0.373 e. The molecular formula is C60H66N24O6. The van der Waals surface area contributed by atoms with E-state index in [-0.39, 0.29) is 79.3 Å². The van der Waals surface area contributed by atoms with Gasteiger partial charge < -0.3 is 28.4 Å². The first kappa shape index (κ1) is 58.5. The van der Waals surface area contributed by atoms with E-state index in [1.807, 2.05) is 203 Å². The van der Waals surface area contributed by atoms with Gasteiger partial charge in [0.05, 0.1) is 79.3 Å². The Morgan fingerprint density at radius 2 is 0.300 bits per heavy atom. The minimum Gasteiger partial charge on any atom is -0.373 e. The lowest BCUT2D eigenvalue weighted by Gasteiger charge is -2.29. The van der Waals surface area contributed by atoms with E-state index in [2.05, 4.69) is 61.2 Å². The summed E-state index contributed by atoms with van der Waals surface area (Å²) in [6.45, 7) is 1.22. The second kappa shape index (κ2) is 29.0. The topological polar surface area (TPSA) is 269 Å². The SMILES string of the molecule is c1cnn(C(COCc2c(COCC(n3cccn3)n3cccn3)c(COCC(n3cccn3)n3cccn3)c(COCC(n3cccn3)n3cccn3)c(COCC(n3cccn3)n3cccn3)c2COCC(n2cccn2)n2cccn2)n2cccn2)c1. The number of hydrogen-bond acceptors (Lipinski definition) is 18. The molecule has 0 saturated heterocycles. The van der Waals surface area contributed by atoms with Crippen molar-refractivity contribution < 1.29 is 28.4 Å². The van der Waals surface area contributed by atoms with Gasteiger partial charge in [0.25, 0.3) is 0 Å². The van der Waals surface area contributed by atoms with Crippen LogP contribution in [-0.2, 0) is 68.1 Å². The molecule has 30 heteroatoms. The van der Waals surface area contributed by atoms with Crippen molar-refractivity contribution in [1.29, 1.82) is 0 Å². The molecular weight excluding hydrogens is 1150 g/mol. The first-order valence-electron chi connectivity index (χ1n) is 29.2. The highest BCUT2D eigenvalue weighted by Gasteiger charge is 2.29. The summed E-state index contributed by atoms with van der Waals surface area (Å²) in [5.41, 5.74) is 4.65. The summed E-state index contributed by atoms with van der Waals surface area (Å²) in [4.78, 5) is 0. The second-order valence-corrected chi connectivity index (χ2v) is 20.7. The van der Waals surface area contributed by atoms with Crippen LogP contribution in [0.25, 0.3) is 0 Å². The summed E-state index contributed by atoms with van der Waals surface area (Å²) in [7, 11) is 0. The van der Waals surface area contributed by atoms with Crippen LogP contribution in [0.1, 0.15) is 70.4 Å². The molecule has 13 rings (SSSR count). The van der Waals surface area contributed by atoms with Crippen LogP contribution in [0.3, 0.4) is 0 Å². The van der Waals surface area contributed by atoms with Crippen LogP contribution in [0.5, 0.6) is 0 Å². The third-order valence-electron chi connectivity index (χ3n) is 15.2. The lowest BCUT2D eigenvalue weighted by molar-refractivity contribution is 0.0438. The van der Waals surface area contributed by atoms with Crippen LogP contribution >= 0.6 is 0 Å². The third-order valence-corrected chi connectivity index (χ3v) is 15.2. The molecule has 13 aromatic rings. The number of benzene rings is 1. The smallest absolute Gasteiger partial charge is 0.166 e. The van der Waals surface area contributed by atoms with Crippen molar-refractivity contribution in [2.24, 2.45) is 0 Å². The van der Waals surface area contributed by atoms with E-state index in [0.29, 0.717) is 0 Å². The molecule has 0 fully saturated rings. The Labute approximate surface area is 515 Å². The van der Waals surface area contributed by atoms with Gasteiger partial charge in [-0.2, -0.15) is 61.2 Å². The van der Waals surface area contributed by atoms with Crippen LogP contribution in [-0.4, -0.2) is 157 Å². The molecule has 0 unspecified atom stereocenters. The lowest BCUT2D eigenvalue weighted by atomic mass is 9.87. The average Bonchev–Trinajstić information content (AvgIpc) is 1.91. The van der Waals surface area contributed by atoms with Crippen LogP contribution in [0.4, 0.5) is 0 Å². The zero-order chi connectivity index (χ0) is 60.5. The fraction of sp³-hybridized carbons (Fsp3) is 0.300. The minimum atomic E-state index is -0.457. The van der Waals surface area contributed by atoms with Crippen molar-refractivity contribution in [2.45, 2.75) is 76.6 Å². The fourth-order valence-corrected chi connectivity index (χ4v) is 10.9. The molecule has 462 valence electrons. The average molecular weight is 1220 g/mol. The molecule has 30 nitrogen and oxygen atoms in total. The maximum atomic E-state index is 7.06. The number of nitrogens with zero attached hydrogens (tertiary/aromatic N) is 24. The van der Waals surface area contributed by atoms with Crippen molar-refractivity contribution in [3.05, 3.63) is 255 Å². The molecule has 0 aliphatic rings. The normalized spacial score (nSPS) is 12.1. The summed E-state index contributed by atoms with van der Waals surface area (Å²) < 4.78 is 64.2. The summed E-state index contributed by atoms with van der Waals surface area (Å²) >= 11 is 0. The molecule has 0 N–H and O–H groups in total. The molecule has 12 aromatic heterocycles. The maximum absolute atomic E-state index is 7.06. The highest BCUT2D eigenvalue weighted by atomic mass is 16.5. The predicted molar refractivity (Wildman–Crippen MR) is 318 cm³/mol. The molecule has 90 heavy (non-hydrogen) atoms. The number of ether oxygens (including phenoxy) is 6. The summed E-state index contributed by atoms with van der Waals surface area (Å²) in [6.07, 6.45) is 40.8. The van der Waals surface area contributed by atoms with Crippen LogP contribution in [0.2, 0.25) is 0 Å². The van der Waals surface area contributed by atoms with E-state index >= 15 is 0 Å². The first-order chi connectivity index (χ1) is 44.7. The Morgan fingerprint density at radius 3 is 0.389 bits per heavy atom. The van der Waals surface area contributed by atoms with Gasteiger partial charge in [-0.15, -0.1) is 0 Å². The van der Waals surface area contributed by atoms with Crippen LogP contribution < -0.4 is 0 Å². The molecule has 0 bridgehead atoms.